The van der Waals surface area contributed by atoms with Crippen LogP contribution in [-0.4, -0.2) is 19.8 Å². The summed E-state index contributed by atoms with van der Waals surface area (Å²) in [5.74, 6) is 19.1. The second kappa shape index (κ2) is 9.11. The van der Waals surface area contributed by atoms with Crippen molar-refractivity contribution in [3.05, 3.63) is 36.5 Å². The molecule has 0 heterocycles. The Morgan fingerprint density at radius 1 is 0.372 bits per heavy atom. The molecule has 3 nitrogen and oxygen atoms in total. The molecule has 0 amide bonds. The maximum Gasteiger partial charge on any atom is 0.332 e. The van der Waals surface area contributed by atoms with Crippen molar-refractivity contribution in [1.29, 1.82) is 0 Å². The number of hydrogen-bond donors (Lipinski definition) is 0. The highest BCUT2D eigenvalue weighted by Crippen LogP contribution is 2.70. The zero-order chi connectivity index (χ0) is 27.6. The fraction of sp³-hybridized carbons (Fsp3) is 0.846. The zero-order valence-electron chi connectivity index (χ0n) is 25.7. The van der Waals surface area contributed by atoms with Gasteiger partial charge in [-0.05, 0) is 182 Å². The second-order valence-electron chi connectivity index (χ2n) is 18.4. The molecule has 4 heteroatoms. The molecule has 9 saturated carbocycles. The van der Waals surface area contributed by atoms with Gasteiger partial charge in [-0.1, -0.05) is 36.5 Å². The van der Waals surface area contributed by atoms with Gasteiger partial charge in [0.2, 0.25) is 0 Å². The summed E-state index contributed by atoms with van der Waals surface area (Å²) in [6, 6.07) is 0. The Hall–Kier alpha value is -0.470. The smallest absolute Gasteiger partial charge is 0.312 e. The van der Waals surface area contributed by atoms with Crippen LogP contribution in [0.15, 0.2) is 36.5 Å². The van der Waals surface area contributed by atoms with Gasteiger partial charge in [-0.25, -0.2) is 0 Å². The van der Waals surface area contributed by atoms with Crippen LogP contribution < -0.4 is 0 Å². The van der Waals surface area contributed by atoms with E-state index in [1.165, 1.54) is 57.8 Å². The molecule has 0 aromatic carbocycles. The lowest BCUT2D eigenvalue weighted by Crippen LogP contribution is -2.33. The molecule has 0 spiro atoms. The van der Waals surface area contributed by atoms with Crippen molar-refractivity contribution in [2.45, 2.75) is 57.8 Å². The Bertz CT molecular complexity index is 1120. The Morgan fingerprint density at radius 3 is 1.00 bits per heavy atom. The highest BCUT2D eigenvalue weighted by Gasteiger charge is 2.63. The van der Waals surface area contributed by atoms with Gasteiger partial charge in [-0.3, -0.25) is 0 Å². The summed E-state index contributed by atoms with van der Waals surface area (Å²) in [5.41, 5.74) is 0. The Labute approximate surface area is 260 Å². The third-order valence-corrected chi connectivity index (χ3v) is 18.5. The maximum absolute atomic E-state index is 6.84. The average molecular weight is 599 g/mol. The Balaban J connectivity index is 0.731. The molecule has 21 atom stereocenters. The number of hydrogen-bond acceptors (Lipinski definition) is 3. The van der Waals surface area contributed by atoms with Crippen molar-refractivity contribution in [2.24, 2.45) is 124 Å². The summed E-state index contributed by atoms with van der Waals surface area (Å²) in [6.07, 6.45) is 28.5. The molecule has 0 N–H and O–H groups in total. The van der Waals surface area contributed by atoms with E-state index < -0.39 is 8.60 Å². The van der Waals surface area contributed by atoms with Gasteiger partial charge in [0.05, 0.1) is 19.8 Å². The Morgan fingerprint density at radius 2 is 0.674 bits per heavy atom. The van der Waals surface area contributed by atoms with Crippen LogP contribution in [0.3, 0.4) is 0 Å². The topological polar surface area (TPSA) is 27.7 Å². The molecule has 12 bridgehead atoms. The van der Waals surface area contributed by atoms with E-state index in [4.69, 9.17) is 13.6 Å². The molecular weight excluding hydrogens is 547 g/mol. The first-order chi connectivity index (χ1) is 21.2. The SMILES string of the molecule is C1=CC2CC1C1C3CC(COP(OCC4CC5CC4C4C6C=CC(C6)C54)OCC4CC5CC4C4C6C=CC(C6)C54)C(C3)C21. The predicted molar refractivity (Wildman–Crippen MR) is 167 cm³/mol. The summed E-state index contributed by atoms with van der Waals surface area (Å²) >= 11 is 0. The molecule has 230 valence electrons. The van der Waals surface area contributed by atoms with Crippen LogP contribution in [0.4, 0.5) is 0 Å². The van der Waals surface area contributed by atoms with E-state index >= 15 is 0 Å². The number of allylic oxidation sites excluding steroid dienone is 6. The minimum absolute atomic E-state index is 0.740. The highest BCUT2D eigenvalue weighted by molar-refractivity contribution is 7.41. The van der Waals surface area contributed by atoms with Gasteiger partial charge in [-0.15, -0.1) is 0 Å². The van der Waals surface area contributed by atoms with E-state index in [0.29, 0.717) is 0 Å². The fourth-order valence-electron chi connectivity index (χ4n) is 16.6. The Kier molecular flexibility index (Phi) is 5.42. The van der Waals surface area contributed by atoms with Crippen LogP contribution in [0.25, 0.3) is 0 Å². The van der Waals surface area contributed by atoms with Gasteiger partial charge in [0, 0.05) is 0 Å². The molecule has 9 fully saturated rings. The van der Waals surface area contributed by atoms with Crippen LogP contribution in [-0.2, 0) is 13.6 Å². The molecule has 43 heavy (non-hydrogen) atoms. The monoisotopic (exact) mass is 598 g/mol. The van der Waals surface area contributed by atoms with Gasteiger partial charge < -0.3 is 13.6 Å². The van der Waals surface area contributed by atoms with Crippen LogP contribution >= 0.6 is 8.60 Å². The molecule has 0 aromatic rings. The molecule has 0 radical (unpaired) electrons. The maximum atomic E-state index is 6.84. The molecule has 0 aromatic heterocycles. The quantitative estimate of drug-likeness (QED) is 0.151. The van der Waals surface area contributed by atoms with E-state index in [0.717, 1.165) is 144 Å². The van der Waals surface area contributed by atoms with Crippen molar-refractivity contribution >= 4 is 8.60 Å². The third-order valence-electron chi connectivity index (χ3n) is 17.4. The summed E-state index contributed by atoms with van der Waals surface area (Å²) in [5, 5.41) is 0. The van der Waals surface area contributed by atoms with Gasteiger partial charge in [0.25, 0.3) is 0 Å². The zero-order valence-corrected chi connectivity index (χ0v) is 26.6. The normalized spacial score (nSPS) is 62.9. The van der Waals surface area contributed by atoms with Crippen molar-refractivity contribution in [2.75, 3.05) is 19.8 Å². The van der Waals surface area contributed by atoms with Gasteiger partial charge >= 0.3 is 8.60 Å². The lowest BCUT2D eigenvalue weighted by Gasteiger charge is -2.38. The number of fused-ring (bicyclic) bond motifs is 27. The largest absolute Gasteiger partial charge is 0.332 e. The lowest BCUT2D eigenvalue weighted by molar-refractivity contribution is 0.0527. The van der Waals surface area contributed by atoms with Crippen LogP contribution in [0, 0.1) is 124 Å². The number of rotatable bonds is 9. The third kappa shape index (κ3) is 3.43. The summed E-state index contributed by atoms with van der Waals surface area (Å²) < 4.78 is 20.5. The van der Waals surface area contributed by atoms with Gasteiger partial charge in [0.1, 0.15) is 0 Å². The molecule has 21 unspecified atom stereocenters. The molecule has 0 saturated heterocycles. The van der Waals surface area contributed by atoms with Crippen molar-refractivity contribution in [3.63, 3.8) is 0 Å². The van der Waals surface area contributed by atoms with E-state index in [2.05, 4.69) is 36.5 Å². The minimum Gasteiger partial charge on any atom is -0.312 e. The second-order valence-corrected chi connectivity index (χ2v) is 19.6. The van der Waals surface area contributed by atoms with Crippen LogP contribution in [0.1, 0.15) is 57.8 Å². The molecular formula is C39H51O3P. The van der Waals surface area contributed by atoms with E-state index in [-0.39, 0.29) is 0 Å². The summed E-state index contributed by atoms with van der Waals surface area (Å²) in [6.45, 7) is 2.68. The average Bonchev–Trinajstić information content (AvgIpc) is 3.89. The summed E-state index contributed by atoms with van der Waals surface area (Å²) in [7, 11) is -1.24. The van der Waals surface area contributed by atoms with E-state index in [1.807, 2.05) is 0 Å². The first-order valence-corrected chi connectivity index (χ1v) is 20.1. The van der Waals surface area contributed by atoms with Crippen molar-refractivity contribution < 1.29 is 13.6 Å². The molecule has 12 aliphatic carbocycles. The standard InChI is InChI=1S/C39H51O3P/c1-4-22-7-19(1)34-25-10-28(31(13-25)37(22)34)16-40-43(41-17-29-11-26-14-32(29)38-23-5-2-20(8-23)35(26)38)42-18-30-12-27-15-33(30)39-24-6-3-21(9-24)36(27)39/h1-6,19-39H,7-18H2. The predicted octanol–water partition coefficient (Wildman–Crippen LogP) is 8.55. The van der Waals surface area contributed by atoms with Crippen molar-refractivity contribution in [1.82, 2.24) is 0 Å². The fourth-order valence-corrected chi connectivity index (χ4v) is 17.8. The highest BCUT2D eigenvalue weighted by atomic mass is 31.2. The van der Waals surface area contributed by atoms with E-state index in [9.17, 15) is 0 Å². The van der Waals surface area contributed by atoms with Gasteiger partial charge in [0.15, 0.2) is 0 Å². The molecule has 0 aliphatic heterocycles. The lowest BCUT2D eigenvalue weighted by atomic mass is 9.70. The van der Waals surface area contributed by atoms with Crippen molar-refractivity contribution in [3.8, 4) is 0 Å². The van der Waals surface area contributed by atoms with E-state index in [1.54, 1.807) is 0 Å². The van der Waals surface area contributed by atoms with Gasteiger partial charge in [-0.2, -0.15) is 0 Å². The first kappa shape index (κ1) is 25.6. The summed E-state index contributed by atoms with van der Waals surface area (Å²) in [4.78, 5) is 0. The minimum atomic E-state index is -1.24. The first-order valence-electron chi connectivity index (χ1n) is 19.0. The molecule has 12 aliphatic rings. The molecule has 12 rings (SSSR count). The van der Waals surface area contributed by atoms with Crippen LogP contribution in [0.2, 0.25) is 0 Å². The van der Waals surface area contributed by atoms with Crippen LogP contribution in [0.5, 0.6) is 0 Å².